The summed E-state index contributed by atoms with van der Waals surface area (Å²) in [5.41, 5.74) is 18.5. The molecule has 0 fully saturated rings. The summed E-state index contributed by atoms with van der Waals surface area (Å²) in [5.74, 6) is -0.362. The number of hydrogen-bond acceptors (Lipinski definition) is 3. The molecule has 0 saturated carbocycles. The van der Waals surface area contributed by atoms with Gasteiger partial charge in [-0.2, -0.15) is 0 Å². The van der Waals surface area contributed by atoms with Crippen molar-refractivity contribution < 1.29 is 14.3 Å². The van der Waals surface area contributed by atoms with Crippen LogP contribution in [-0.4, -0.2) is 16.4 Å². The van der Waals surface area contributed by atoms with Gasteiger partial charge in [0.15, 0.2) is 0 Å². The first kappa shape index (κ1) is 45.2. The van der Waals surface area contributed by atoms with E-state index in [0.717, 1.165) is 44.5 Å². The molecule has 0 bridgehead atoms. The average Bonchev–Trinajstić information content (AvgIpc) is 3.17. The second-order valence-corrected chi connectivity index (χ2v) is 21.6. The van der Waals surface area contributed by atoms with Crippen molar-refractivity contribution in [3.63, 3.8) is 0 Å². The highest BCUT2D eigenvalue weighted by molar-refractivity contribution is 7.39. The maximum atomic E-state index is 10.5. The monoisotopic (exact) mass is 818 g/mol. The Morgan fingerprint density at radius 3 is 1.00 bits per heavy atom. The van der Waals surface area contributed by atoms with Crippen LogP contribution in [0.15, 0.2) is 121 Å². The van der Waals surface area contributed by atoms with Gasteiger partial charge in [0.25, 0.3) is 0 Å². The van der Waals surface area contributed by atoms with E-state index in [-0.39, 0.29) is 34.2 Å². The van der Waals surface area contributed by atoms with Gasteiger partial charge in [-0.05, 0) is 137 Å². The third kappa shape index (κ3) is 9.56. The van der Waals surface area contributed by atoms with Crippen LogP contribution in [0.1, 0.15) is 134 Å². The highest BCUT2D eigenvalue weighted by Gasteiger charge is 2.32. The maximum Gasteiger partial charge on any atom is 0.327 e. The molecule has 6 rings (SSSR count). The third-order valence-electron chi connectivity index (χ3n) is 12.0. The fraction of sp³-hybridized carbons (Fsp3) is 0.357. The van der Waals surface area contributed by atoms with Crippen molar-refractivity contribution in [1.29, 1.82) is 0 Å². The summed E-state index contributed by atoms with van der Waals surface area (Å²) in [6.45, 7) is 31.9. The molecule has 4 heteroatoms. The summed E-state index contributed by atoms with van der Waals surface area (Å²) in [7, 11) is -2.63. The summed E-state index contributed by atoms with van der Waals surface area (Å²) < 4.78 is 6.03. The Morgan fingerprint density at radius 2 is 0.700 bits per heavy atom. The predicted octanol–water partition coefficient (Wildman–Crippen LogP) is 15.5. The molecule has 60 heavy (non-hydrogen) atoms. The highest BCUT2D eigenvalue weighted by Crippen LogP contribution is 2.49. The molecule has 0 spiro atoms. The minimum Gasteiger partial charge on any atom is -0.328 e. The minimum absolute atomic E-state index is 0.0672. The second-order valence-electron chi connectivity index (χ2n) is 20.8. The lowest BCUT2D eigenvalue weighted by Gasteiger charge is -2.32. The summed E-state index contributed by atoms with van der Waals surface area (Å²) >= 11 is 0. The molecule has 0 aliphatic carbocycles. The topological polar surface area (TPSA) is 49.7 Å². The first-order valence-electron chi connectivity index (χ1n) is 21.5. The fourth-order valence-electron chi connectivity index (χ4n) is 9.25. The van der Waals surface area contributed by atoms with Gasteiger partial charge in [0.05, 0.1) is 6.61 Å². The van der Waals surface area contributed by atoms with Crippen molar-refractivity contribution in [3.8, 4) is 44.5 Å². The van der Waals surface area contributed by atoms with Gasteiger partial charge >= 0.3 is 8.60 Å². The Balaban J connectivity index is 1.78. The zero-order valence-electron chi connectivity index (χ0n) is 38.6. The Labute approximate surface area is 362 Å². The molecule has 0 amide bonds. The molecular weight excluding hydrogens is 752 g/mol. The Kier molecular flexibility index (Phi) is 12.9. The van der Waals surface area contributed by atoms with Gasteiger partial charge in [-0.25, -0.2) is 0 Å². The largest absolute Gasteiger partial charge is 0.328 e. The maximum absolute atomic E-state index is 10.5. The van der Waals surface area contributed by atoms with Gasteiger partial charge in [0.1, 0.15) is 0 Å². The number of hydrogen-bond donors (Lipinski definition) is 2. The van der Waals surface area contributed by atoms with E-state index in [1.807, 2.05) is 0 Å². The Bertz CT molecular complexity index is 2310. The lowest BCUT2D eigenvalue weighted by atomic mass is 9.73. The predicted molar refractivity (Wildman–Crippen MR) is 258 cm³/mol. The number of rotatable bonds is 9. The highest BCUT2D eigenvalue weighted by atomic mass is 31.2. The normalized spacial score (nSPS) is 12.8. The SMILES string of the molecule is Cc1cc(-c2ccccc2C(C)(C)C)cc(-c2ccccc2C(C)(C)C)c1C(COP(O)O)c1c(C)cc(-c2ccccc2C(C)(C)C)cc1-c1ccccc1C(C)(C)C. The molecule has 0 heterocycles. The smallest absolute Gasteiger partial charge is 0.327 e. The number of benzene rings is 6. The lowest BCUT2D eigenvalue weighted by Crippen LogP contribution is -2.18. The molecule has 0 radical (unpaired) electrons. The van der Waals surface area contributed by atoms with Gasteiger partial charge in [0, 0.05) is 5.92 Å². The van der Waals surface area contributed by atoms with Crippen LogP contribution >= 0.6 is 8.60 Å². The van der Waals surface area contributed by atoms with Crippen LogP contribution < -0.4 is 0 Å². The van der Waals surface area contributed by atoms with E-state index in [2.05, 4.69) is 218 Å². The molecule has 0 aliphatic rings. The molecule has 6 aromatic carbocycles. The molecule has 3 nitrogen and oxygen atoms in total. The molecule has 314 valence electrons. The van der Waals surface area contributed by atoms with Crippen molar-refractivity contribution in [2.24, 2.45) is 0 Å². The van der Waals surface area contributed by atoms with E-state index in [4.69, 9.17) is 4.52 Å². The van der Waals surface area contributed by atoms with Crippen molar-refractivity contribution in [3.05, 3.63) is 166 Å². The summed E-state index contributed by atoms with van der Waals surface area (Å²) in [6.07, 6.45) is 0. The first-order valence-corrected chi connectivity index (χ1v) is 22.6. The van der Waals surface area contributed by atoms with Crippen LogP contribution in [0.5, 0.6) is 0 Å². The summed E-state index contributed by atoms with van der Waals surface area (Å²) in [6, 6.07) is 44.6. The molecule has 0 aliphatic heterocycles. The molecule has 0 unspecified atom stereocenters. The second kappa shape index (κ2) is 17.2. The van der Waals surface area contributed by atoms with Gasteiger partial charge in [-0.15, -0.1) is 0 Å². The van der Waals surface area contributed by atoms with Crippen LogP contribution in [0.2, 0.25) is 0 Å². The van der Waals surface area contributed by atoms with Gasteiger partial charge < -0.3 is 14.3 Å². The minimum atomic E-state index is -2.63. The van der Waals surface area contributed by atoms with Crippen LogP contribution in [0.4, 0.5) is 0 Å². The van der Waals surface area contributed by atoms with Gasteiger partial charge in [-0.1, -0.05) is 192 Å². The van der Waals surface area contributed by atoms with Crippen LogP contribution in [0.3, 0.4) is 0 Å². The van der Waals surface area contributed by atoms with Crippen molar-refractivity contribution >= 4 is 8.60 Å². The molecular formula is C56H67O3P. The van der Waals surface area contributed by atoms with Crippen molar-refractivity contribution in [2.45, 2.75) is 125 Å². The number of aryl methyl sites for hydroxylation is 2. The molecule has 0 aromatic heterocycles. The van der Waals surface area contributed by atoms with E-state index in [1.165, 1.54) is 44.5 Å². The van der Waals surface area contributed by atoms with E-state index in [1.54, 1.807) is 0 Å². The Morgan fingerprint density at radius 1 is 0.417 bits per heavy atom. The van der Waals surface area contributed by atoms with Crippen LogP contribution in [0.25, 0.3) is 44.5 Å². The fourth-order valence-corrected chi connectivity index (χ4v) is 9.53. The standard InChI is InChI=1S/C56H67O3P/c1-36-31-38(40-23-15-19-27-47(40)53(3,4)5)33-44(42-25-17-21-29-49(42)55(9,10)11)51(36)46(35-59-60(57)58)52-37(2)32-39(41-24-16-20-28-48(41)54(6,7)8)34-45(52)43-26-18-22-30-50(43)56(12,13)14/h15-34,46,57-58H,35H2,1-14H3. The van der Waals surface area contributed by atoms with E-state index in [9.17, 15) is 9.79 Å². The zero-order valence-corrected chi connectivity index (χ0v) is 39.5. The van der Waals surface area contributed by atoms with E-state index in [0.29, 0.717) is 0 Å². The van der Waals surface area contributed by atoms with Gasteiger partial charge in [-0.3, -0.25) is 0 Å². The molecule has 0 atom stereocenters. The van der Waals surface area contributed by atoms with Crippen molar-refractivity contribution in [1.82, 2.24) is 0 Å². The first-order chi connectivity index (χ1) is 28.0. The van der Waals surface area contributed by atoms with E-state index >= 15 is 0 Å². The molecule has 0 saturated heterocycles. The van der Waals surface area contributed by atoms with Gasteiger partial charge in [0.2, 0.25) is 0 Å². The summed E-state index contributed by atoms with van der Waals surface area (Å²) in [4.78, 5) is 21.0. The third-order valence-corrected chi connectivity index (χ3v) is 12.3. The molecule has 6 aromatic rings. The zero-order chi connectivity index (χ0) is 43.9. The Hall–Kier alpha value is -4.37. The van der Waals surface area contributed by atoms with Crippen molar-refractivity contribution in [2.75, 3.05) is 6.61 Å². The summed E-state index contributed by atoms with van der Waals surface area (Å²) in [5, 5.41) is 0. The molecule has 2 N–H and O–H groups in total. The van der Waals surface area contributed by atoms with E-state index < -0.39 is 8.60 Å². The quantitative estimate of drug-likeness (QED) is 0.143. The van der Waals surface area contributed by atoms with Crippen LogP contribution in [0, 0.1) is 13.8 Å². The lowest BCUT2D eigenvalue weighted by molar-refractivity contribution is 0.247. The van der Waals surface area contributed by atoms with Crippen LogP contribution in [-0.2, 0) is 26.2 Å². The average molecular weight is 819 g/mol.